The molecule has 116 valence electrons. The average molecular weight is 335 g/mol. The van der Waals surface area contributed by atoms with Gasteiger partial charge in [-0.25, -0.2) is 17.9 Å². The lowest BCUT2D eigenvalue weighted by Gasteiger charge is -2.06. The molecule has 0 unspecified atom stereocenters. The third-order valence-electron chi connectivity index (χ3n) is 3.40. The number of amides is 1. The highest BCUT2D eigenvalue weighted by Crippen LogP contribution is 2.50. The predicted octanol–water partition coefficient (Wildman–Crippen LogP) is 1.38. The van der Waals surface area contributed by atoms with Crippen molar-refractivity contribution in [3.63, 3.8) is 0 Å². The minimum Gasteiger partial charge on any atom is -0.356 e. The van der Waals surface area contributed by atoms with Crippen LogP contribution in [0.4, 0.5) is 4.39 Å². The van der Waals surface area contributed by atoms with Crippen LogP contribution in [0, 0.1) is 11.7 Å². The molecule has 0 bridgehead atoms. The van der Waals surface area contributed by atoms with Crippen molar-refractivity contribution in [2.24, 2.45) is 11.1 Å². The van der Waals surface area contributed by atoms with Gasteiger partial charge in [-0.2, -0.15) is 0 Å². The average Bonchev–Trinajstić information content (AvgIpc) is 3.13. The summed E-state index contributed by atoms with van der Waals surface area (Å²) in [5, 5.41) is 7.81. The first-order chi connectivity index (χ1) is 9.79. The van der Waals surface area contributed by atoms with Crippen LogP contribution in [0.15, 0.2) is 18.2 Å². The van der Waals surface area contributed by atoms with Crippen LogP contribution in [-0.2, 0) is 14.8 Å². The zero-order valence-corrected chi connectivity index (χ0v) is 12.8. The first kappa shape index (κ1) is 16.2. The Labute approximate surface area is 127 Å². The first-order valence-corrected chi connectivity index (χ1v) is 8.61. The molecule has 0 radical (unpaired) electrons. The zero-order valence-electron chi connectivity index (χ0n) is 11.2. The van der Waals surface area contributed by atoms with Gasteiger partial charge in [0.15, 0.2) is 0 Å². The number of hydrogen-bond donors (Lipinski definition) is 2. The van der Waals surface area contributed by atoms with Crippen molar-refractivity contribution in [2.45, 2.75) is 18.8 Å². The van der Waals surface area contributed by atoms with Crippen molar-refractivity contribution in [3.8, 4) is 0 Å². The van der Waals surface area contributed by atoms with E-state index < -0.39 is 15.8 Å². The van der Waals surface area contributed by atoms with Crippen LogP contribution in [0.25, 0.3) is 0 Å². The monoisotopic (exact) mass is 334 g/mol. The van der Waals surface area contributed by atoms with Crippen LogP contribution in [0.2, 0.25) is 5.02 Å². The third-order valence-corrected chi connectivity index (χ3v) is 4.59. The van der Waals surface area contributed by atoms with E-state index in [4.69, 9.17) is 16.7 Å². The summed E-state index contributed by atoms with van der Waals surface area (Å²) in [5.74, 6) is -1.32. The van der Waals surface area contributed by atoms with Gasteiger partial charge in [0.1, 0.15) is 5.82 Å². The van der Waals surface area contributed by atoms with E-state index in [-0.39, 0.29) is 36.5 Å². The van der Waals surface area contributed by atoms with Crippen LogP contribution in [0.5, 0.6) is 0 Å². The summed E-state index contributed by atoms with van der Waals surface area (Å²) in [6, 6.07) is 4.44. The molecule has 21 heavy (non-hydrogen) atoms. The number of halogens is 2. The maximum Gasteiger partial charge on any atom is 0.223 e. The Hall–Kier alpha value is -1.18. The van der Waals surface area contributed by atoms with E-state index in [0.29, 0.717) is 17.0 Å². The van der Waals surface area contributed by atoms with Crippen molar-refractivity contribution in [1.29, 1.82) is 0 Å². The number of benzene rings is 1. The van der Waals surface area contributed by atoms with Crippen LogP contribution in [0.3, 0.4) is 0 Å². The number of nitrogens with two attached hydrogens (primary N) is 1. The molecule has 1 aromatic rings. The highest BCUT2D eigenvalue weighted by molar-refractivity contribution is 7.89. The second kappa shape index (κ2) is 6.29. The number of rotatable bonds is 6. The highest BCUT2D eigenvalue weighted by Gasteiger charge is 2.46. The Bertz CT molecular complexity index is 631. The number of nitrogens with one attached hydrogen (secondary N) is 1. The van der Waals surface area contributed by atoms with E-state index >= 15 is 0 Å². The van der Waals surface area contributed by atoms with Crippen molar-refractivity contribution >= 4 is 27.5 Å². The largest absolute Gasteiger partial charge is 0.356 e. The fourth-order valence-corrected chi connectivity index (χ4v) is 3.13. The molecule has 0 aliphatic heterocycles. The molecule has 1 aliphatic rings. The van der Waals surface area contributed by atoms with Gasteiger partial charge < -0.3 is 5.32 Å². The lowest BCUT2D eigenvalue weighted by molar-refractivity contribution is -0.122. The van der Waals surface area contributed by atoms with Crippen molar-refractivity contribution in [1.82, 2.24) is 5.32 Å². The Morgan fingerprint density at radius 3 is 2.81 bits per heavy atom. The van der Waals surface area contributed by atoms with Gasteiger partial charge in [0, 0.05) is 29.0 Å². The molecule has 2 atom stereocenters. The molecule has 2 rings (SSSR count). The Kier molecular flexibility index (Phi) is 4.85. The number of carbonyl (C=O) groups excluding carboxylic acids is 1. The van der Waals surface area contributed by atoms with Crippen molar-refractivity contribution in [3.05, 3.63) is 34.6 Å². The van der Waals surface area contributed by atoms with Crippen LogP contribution in [0.1, 0.15) is 24.3 Å². The lowest BCUT2D eigenvalue weighted by Crippen LogP contribution is -2.28. The summed E-state index contributed by atoms with van der Waals surface area (Å²) in [7, 11) is -3.51. The van der Waals surface area contributed by atoms with E-state index in [0.717, 1.165) is 0 Å². The summed E-state index contributed by atoms with van der Waals surface area (Å²) in [5.41, 5.74) is 0.379. The third kappa shape index (κ3) is 4.39. The zero-order chi connectivity index (χ0) is 15.6. The van der Waals surface area contributed by atoms with E-state index in [2.05, 4.69) is 5.32 Å². The maximum atomic E-state index is 13.7. The normalized spacial score (nSPS) is 21.1. The molecule has 3 N–H and O–H groups in total. The van der Waals surface area contributed by atoms with E-state index in [1.165, 1.54) is 12.1 Å². The maximum absolute atomic E-state index is 13.7. The molecule has 1 amide bonds. The van der Waals surface area contributed by atoms with Crippen LogP contribution < -0.4 is 10.5 Å². The molecular formula is C13H16ClFN2O3S. The van der Waals surface area contributed by atoms with Gasteiger partial charge in [-0.05, 0) is 25.0 Å². The van der Waals surface area contributed by atoms with Crippen molar-refractivity contribution < 1.29 is 17.6 Å². The number of sulfonamides is 1. The smallest absolute Gasteiger partial charge is 0.223 e. The Balaban J connectivity index is 1.84. The quantitative estimate of drug-likeness (QED) is 0.770. The van der Waals surface area contributed by atoms with E-state index in [1.807, 2.05) is 0 Å². The lowest BCUT2D eigenvalue weighted by atomic mass is 10.1. The molecule has 1 aliphatic carbocycles. The molecule has 8 heteroatoms. The minimum absolute atomic E-state index is 0.180. The van der Waals surface area contributed by atoms with Gasteiger partial charge in [0.25, 0.3) is 0 Å². The standard InChI is InChI=1S/C13H16ClFN2O3S/c14-10-3-1-4-11(15)12(10)8-7-9(8)13(18)17-5-2-6-21(16,19)20/h1,3-4,8-9H,2,5-7H2,(H,17,18)(H2,16,19,20)/t8-,9+/m0/s1. The second-order valence-electron chi connectivity index (χ2n) is 5.10. The molecule has 0 spiro atoms. The summed E-state index contributed by atoms with van der Waals surface area (Å²) in [6.45, 7) is 0.226. The van der Waals surface area contributed by atoms with Gasteiger partial charge in [-0.1, -0.05) is 17.7 Å². The van der Waals surface area contributed by atoms with Crippen molar-refractivity contribution in [2.75, 3.05) is 12.3 Å². The van der Waals surface area contributed by atoms with Gasteiger partial charge in [-0.3, -0.25) is 4.79 Å². The van der Waals surface area contributed by atoms with Gasteiger partial charge >= 0.3 is 0 Å². The molecule has 0 saturated heterocycles. The fourth-order valence-electron chi connectivity index (χ4n) is 2.28. The number of hydrogen-bond acceptors (Lipinski definition) is 3. The molecular weight excluding hydrogens is 319 g/mol. The van der Waals surface area contributed by atoms with Crippen LogP contribution in [-0.4, -0.2) is 26.6 Å². The topological polar surface area (TPSA) is 89.3 Å². The molecule has 1 saturated carbocycles. The summed E-state index contributed by atoms with van der Waals surface area (Å²) < 4.78 is 35.2. The second-order valence-corrected chi connectivity index (χ2v) is 7.24. The summed E-state index contributed by atoms with van der Waals surface area (Å²) in [6.07, 6.45) is 0.796. The number of primary sulfonamides is 1. The van der Waals surface area contributed by atoms with Gasteiger partial charge in [0.2, 0.25) is 15.9 Å². The molecule has 0 heterocycles. The van der Waals surface area contributed by atoms with E-state index in [9.17, 15) is 17.6 Å². The Morgan fingerprint density at radius 2 is 2.19 bits per heavy atom. The minimum atomic E-state index is -3.51. The van der Waals surface area contributed by atoms with Crippen LogP contribution >= 0.6 is 11.6 Å². The first-order valence-electron chi connectivity index (χ1n) is 6.51. The number of carbonyl (C=O) groups is 1. The summed E-state index contributed by atoms with van der Waals surface area (Å²) >= 11 is 5.96. The summed E-state index contributed by atoms with van der Waals surface area (Å²) in [4.78, 5) is 11.9. The molecule has 1 fully saturated rings. The fraction of sp³-hybridized carbons (Fsp3) is 0.462. The predicted molar refractivity (Wildman–Crippen MR) is 77.9 cm³/mol. The van der Waals surface area contributed by atoms with E-state index in [1.54, 1.807) is 6.07 Å². The molecule has 0 aromatic heterocycles. The SMILES string of the molecule is NS(=O)(=O)CCCNC(=O)[C@@H]1C[C@@H]1c1c(F)cccc1Cl. The highest BCUT2D eigenvalue weighted by atomic mass is 35.5. The molecule has 1 aromatic carbocycles. The van der Waals surface area contributed by atoms with Gasteiger partial charge in [-0.15, -0.1) is 0 Å². The Morgan fingerprint density at radius 1 is 1.48 bits per heavy atom. The molecule has 5 nitrogen and oxygen atoms in total. The van der Waals surface area contributed by atoms with Gasteiger partial charge in [0.05, 0.1) is 5.75 Å².